The fourth-order valence-electron chi connectivity index (χ4n) is 1.99. The third-order valence-corrected chi connectivity index (χ3v) is 5.39. The van der Waals surface area contributed by atoms with Crippen LogP contribution in [0.2, 0.25) is 5.02 Å². The second-order valence-electron chi connectivity index (χ2n) is 5.00. The van der Waals surface area contributed by atoms with Crippen molar-refractivity contribution in [3.63, 3.8) is 0 Å². The van der Waals surface area contributed by atoms with Crippen LogP contribution in [0.25, 0.3) is 11.3 Å². The molecule has 0 saturated heterocycles. The maximum atomic E-state index is 11.9. The zero-order valence-corrected chi connectivity index (χ0v) is 15.4. The van der Waals surface area contributed by atoms with Crippen LogP contribution >= 0.6 is 34.7 Å². The van der Waals surface area contributed by atoms with Gasteiger partial charge in [0.2, 0.25) is 0 Å². The summed E-state index contributed by atoms with van der Waals surface area (Å²) in [7, 11) is 0. The first kappa shape index (κ1) is 17.7. The molecule has 0 aliphatic rings. The summed E-state index contributed by atoms with van der Waals surface area (Å²) in [5.74, 6) is 0.0778. The van der Waals surface area contributed by atoms with Crippen LogP contribution in [0.4, 0.5) is 0 Å². The molecule has 2 aromatic carbocycles. The third-order valence-electron chi connectivity index (χ3n) is 3.13. The van der Waals surface area contributed by atoms with Gasteiger partial charge in [-0.05, 0) is 17.7 Å². The van der Waals surface area contributed by atoms with Crippen molar-refractivity contribution in [3.8, 4) is 11.3 Å². The number of aromatic nitrogens is 1. The minimum absolute atomic E-state index is 0.181. The van der Waals surface area contributed by atoms with E-state index < -0.39 is 0 Å². The van der Waals surface area contributed by atoms with E-state index in [-0.39, 0.29) is 11.7 Å². The fourth-order valence-corrected chi connectivity index (χ4v) is 3.82. The van der Waals surface area contributed by atoms with Gasteiger partial charge in [-0.25, -0.2) is 10.4 Å². The number of rotatable bonds is 6. The van der Waals surface area contributed by atoms with Crippen LogP contribution < -0.4 is 5.43 Å². The molecule has 7 heteroatoms. The van der Waals surface area contributed by atoms with Crippen LogP contribution in [0, 0.1) is 0 Å². The molecule has 0 atom stereocenters. The van der Waals surface area contributed by atoms with E-state index in [1.165, 1.54) is 23.1 Å². The molecule has 3 rings (SSSR count). The summed E-state index contributed by atoms with van der Waals surface area (Å²) in [6.07, 6.45) is 1.56. The molecular weight excluding hydrogens is 374 g/mol. The van der Waals surface area contributed by atoms with E-state index in [9.17, 15) is 4.79 Å². The van der Waals surface area contributed by atoms with Crippen molar-refractivity contribution in [1.29, 1.82) is 0 Å². The standard InChI is InChI=1S/C18H14ClN3OS2/c19-15-8-4-5-13(9-15)10-20-22-17(23)12-25-18-21-16(11-24-18)14-6-2-1-3-7-14/h1-11H,12H2,(H,22,23)/b20-10+. The van der Waals surface area contributed by atoms with Gasteiger partial charge < -0.3 is 0 Å². The van der Waals surface area contributed by atoms with Gasteiger partial charge in [-0.15, -0.1) is 11.3 Å². The number of nitrogens with zero attached hydrogens (tertiary/aromatic N) is 2. The zero-order chi connectivity index (χ0) is 17.5. The number of hydrogen-bond acceptors (Lipinski definition) is 5. The average Bonchev–Trinajstić information content (AvgIpc) is 3.10. The van der Waals surface area contributed by atoms with Gasteiger partial charge in [-0.2, -0.15) is 5.10 Å². The quantitative estimate of drug-likeness (QED) is 0.378. The van der Waals surface area contributed by atoms with Crippen molar-refractivity contribution in [1.82, 2.24) is 10.4 Å². The van der Waals surface area contributed by atoms with Gasteiger partial charge in [0, 0.05) is 16.0 Å². The summed E-state index contributed by atoms with van der Waals surface area (Å²) in [6.45, 7) is 0. The molecule has 1 amide bonds. The summed E-state index contributed by atoms with van der Waals surface area (Å²) < 4.78 is 0.854. The largest absolute Gasteiger partial charge is 0.272 e. The highest BCUT2D eigenvalue weighted by Gasteiger charge is 2.07. The topological polar surface area (TPSA) is 54.4 Å². The predicted octanol–water partition coefficient (Wildman–Crippen LogP) is 4.71. The predicted molar refractivity (Wildman–Crippen MR) is 105 cm³/mol. The van der Waals surface area contributed by atoms with E-state index in [1.807, 2.05) is 47.8 Å². The Morgan fingerprint density at radius 3 is 2.88 bits per heavy atom. The Morgan fingerprint density at radius 1 is 1.24 bits per heavy atom. The number of halogens is 1. The first-order chi connectivity index (χ1) is 12.2. The molecule has 1 N–H and O–H groups in total. The number of thiazole rings is 1. The Kier molecular flexibility index (Phi) is 6.22. The Morgan fingerprint density at radius 2 is 2.08 bits per heavy atom. The number of hydrazone groups is 1. The first-order valence-electron chi connectivity index (χ1n) is 7.42. The molecule has 0 saturated carbocycles. The van der Waals surface area contributed by atoms with Crippen molar-refractivity contribution in [2.24, 2.45) is 5.10 Å². The summed E-state index contributed by atoms with van der Waals surface area (Å²) in [6, 6.07) is 17.2. The molecule has 25 heavy (non-hydrogen) atoms. The zero-order valence-electron chi connectivity index (χ0n) is 13.1. The fraction of sp³-hybridized carbons (Fsp3) is 0.0556. The maximum Gasteiger partial charge on any atom is 0.250 e. The van der Waals surface area contributed by atoms with Crippen LogP contribution in [0.15, 0.2) is 69.4 Å². The lowest BCUT2D eigenvalue weighted by Crippen LogP contribution is -2.19. The van der Waals surface area contributed by atoms with E-state index in [1.54, 1.807) is 18.3 Å². The van der Waals surface area contributed by atoms with Crippen molar-refractivity contribution in [2.75, 3.05) is 5.75 Å². The molecule has 0 spiro atoms. The van der Waals surface area contributed by atoms with E-state index in [2.05, 4.69) is 15.5 Å². The lowest BCUT2D eigenvalue weighted by atomic mass is 10.2. The first-order valence-corrected chi connectivity index (χ1v) is 9.66. The van der Waals surface area contributed by atoms with Crippen LogP contribution in [0.3, 0.4) is 0 Å². The Hall–Kier alpha value is -2.15. The van der Waals surface area contributed by atoms with Crippen molar-refractivity contribution in [3.05, 3.63) is 70.6 Å². The van der Waals surface area contributed by atoms with Gasteiger partial charge >= 0.3 is 0 Å². The van der Waals surface area contributed by atoms with E-state index in [0.29, 0.717) is 5.02 Å². The number of carbonyl (C=O) groups excluding carboxylic acids is 1. The maximum absolute atomic E-state index is 11.9. The summed E-state index contributed by atoms with van der Waals surface area (Å²) >= 11 is 8.81. The third kappa shape index (κ3) is 5.42. The normalized spacial score (nSPS) is 10.9. The number of thioether (sulfide) groups is 1. The molecule has 126 valence electrons. The molecule has 4 nitrogen and oxygen atoms in total. The summed E-state index contributed by atoms with van der Waals surface area (Å²) in [4.78, 5) is 16.4. The number of benzene rings is 2. The smallest absolute Gasteiger partial charge is 0.250 e. The van der Waals surface area contributed by atoms with Gasteiger partial charge in [0.15, 0.2) is 4.34 Å². The Balaban J connectivity index is 1.49. The number of amides is 1. The lowest BCUT2D eigenvalue weighted by molar-refractivity contribution is -0.118. The van der Waals surface area contributed by atoms with E-state index in [0.717, 1.165) is 21.2 Å². The van der Waals surface area contributed by atoms with Crippen molar-refractivity contribution >= 4 is 46.8 Å². The molecular formula is C18H14ClN3OS2. The second-order valence-corrected chi connectivity index (χ2v) is 7.52. The molecule has 0 fully saturated rings. The van der Waals surface area contributed by atoms with E-state index >= 15 is 0 Å². The molecule has 0 unspecified atom stereocenters. The highest BCUT2D eigenvalue weighted by molar-refractivity contribution is 8.01. The number of nitrogens with one attached hydrogen (secondary N) is 1. The molecule has 0 bridgehead atoms. The highest BCUT2D eigenvalue weighted by atomic mass is 35.5. The Labute approximate surface area is 159 Å². The second kappa shape index (κ2) is 8.80. The molecule has 0 aliphatic carbocycles. The molecule has 0 aliphatic heterocycles. The van der Waals surface area contributed by atoms with Crippen LogP contribution in [0.5, 0.6) is 0 Å². The monoisotopic (exact) mass is 387 g/mol. The number of carbonyl (C=O) groups is 1. The van der Waals surface area contributed by atoms with Gasteiger partial charge in [0.05, 0.1) is 17.7 Å². The number of hydrogen-bond donors (Lipinski definition) is 1. The molecule has 3 aromatic rings. The summed E-state index contributed by atoms with van der Waals surface area (Å²) in [5, 5.41) is 6.56. The van der Waals surface area contributed by atoms with Gasteiger partial charge in [0.1, 0.15) is 0 Å². The van der Waals surface area contributed by atoms with Gasteiger partial charge in [-0.3, -0.25) is 4.79 Å². The van der Waals surface area contributed by atoms with Gasteiger partial charge in [-0.1, -0.05) is 65.8 Å². The van der Waals surface area contributed by atoms with Crippen molar-refractivity contribution < 1.29 is 4.79 Å². The Bertz CT molecular complexity index is 881. The van der Waals surface area contributed by atoms with Crippen molar-refractivity contribution in [2.45, 2.75) is 4.34 Å². The van der Waals surface area contributed by atoms with Crippen LogP contribution in [-0.4, -0.2) is 22.9 Å². The minimum atomic E-state index is -0.181. The molecule has 0 radical (unpaired) electrons. The van der Waals surface area contributed by atoms with E-state index in [4.69, 9.17) is 11.6 Å². The SMILES string of the molecule is O=C(CSc1nc(-c2ccccc2)cs1)N/N=C/c1cccc(Cl)c1. The van der Waals surface area contributed by atoms with Crippen LogP contribution in [0.1, 0.15) is 5.56 Å². The molecule has 1 aromatic heterocycles. The highest BCUT2D eigenvalue weighted by Crippen LogP contribution is 2.27. The van der Waals surface area contributed by atoms with Gasteiger partial charge in [0.25, 0.3) is 5.91 Å². The average molecular weight is 388 g/mol. The minimum Gasteiger partial charge on any atom is -0.272 e. The lowest BCUT2D eigenvalue weighted by Gasteiger charge is -1.98. The molecule has 1 heterocycles. The summed E-state index contributed by atoms with van der Waals surface area (Å²) in [5.41, 5.74) is 5.32. The van der Waals surface area contributed by atoms with Crippen LogP contribution in [-0.2, 0) is 4.79 Å².